The molecule has 0 spiro atoms. The number of nitrogens with zero attached hydrogens (tertiary/aromatic N) is 2. The predicted octanol–water partition coefficient (Wildman–Crippen LogP) is 4.96. The number of halogens is 2. The van der Waals surface area contributed by atoms with Crippen LogP contribution in [0.5, 0.6) is 0 Å². The SMILES string of the molecule is Cc1ccc(C(=O)CN(C(=O)c2ccc(Cl)cc2Cl)N2C(=O)[C@H]3C[C@H](C)CC[C@H]3C2=O)cc1. The maximum absolute atomic E-state index is 13.5. The minimum Gasteiger partial charge on any atom is -0.292 e. The normalized spacial score (nSPS) is 22.3. The van der Waals surface area contributed by atoms with Gasteiger partial charge in [0.2, 0.25) is 0 Å². The summed E-state index contributed by atoms with van der Waals surface area (Å²) >= 11 is 12.2. The first kappa shape index (κ1) is 23.5. The molecule has 172 valence electrons. The molecule has 0 bridgehead atoms. The fourth-order valence-corrected chi connectivity index (χ4v) is 5.10. The quantitative estimate of drug-likeness (QED) is 0.441. The largest absolute Gasteiger partial charge is 0.292 e. The molecular formula is C25H24Cl2N2O4. The van der Waals surface area contributed by atoms with Gasteiger partial charge in [0.1, 0.15) is 6.54 Å². The molecule has 1 aliphatic heterocycles. The molecule has 2 fully saturated rings. The molecule has 4 rings (SSSR count). The number of hydrogen-bond donors (Lipinski definition) is 0. The van der Waals surface area contributed by atoms with E-state index in [1.807, 2.05) is 13.8 Å². The molecule has 1 saturated heterocycles. The summed E-state index contributed by atoms with van der Waals surface area (Å²) in [5, 5.41) is 2.25. The van der Waals surface area contributed by atoms with Gasteiger partial charge in [-0.25, -0.2) is 5.01 Å². The van der Waals surface area contributed by atoms with Crippen LogP contribution in [0, 0.1) is 24.7 Å². The third-order valence-electron chi connectivity index (χ3n) is 6.47. The van der Waals surface area contributed by atoms with Crippen LogP contribution >= 0.6 is 23.2 Å². The van der Waals surface area contributed by atoms with E-state index in [1.165, 1.54) is 18.2 Å². The van der Waals surface area contributed by atoms with Crippen molar-refractivity contribution in [3.8, 4) is 0 Å². The van der Waals surface area contributed by atoms with Crippen molar-refractivity contribution >= 4 is 46.7 Å². The maximum atomic E-state index is 13.5. The lowest BCUT2D eigenvalue weighted by Crippen LogP contribution is -2.52. The Morgan fingerprint density at radius 2 is 1.67 bits per heavy atom. The van der Waals surface area contributed by atoms with Crippen LogP contribution in [0.2, 0.25) is 10.0 Å². The number of carbonyl (C=O) groups excluding carboxylic acids is 4. The minimum atomic E-state index is -0.703. The summed E-state index contributed by atoms with van der Waals surface area (Å²) in [6.07, 6.45) is 2.01. The lowest BCUT2D eigenvalue weighted by Gasteiger charge is -2.30. The highest BCUT2D eigenvalue weighted by atomic mass is 35.5. The standard InChI is InChI=1S/C25H24Cl2N2O4/c1-14-3-6-16(7-4-14)22(30)13-28(23(31)19-10-8-17(26)12-21(19)27)29-24(32)18-9-5-15(2)11-20(18)25(29)33/h3-4,6-8,10,12,15,18,20H,5,9,11,13H2,1-2H3/t15-,18-,20+/m1/s1. The molecule has 0 unspecified atom stereocenters. The summed E-state index contributed by atoms with van der Waals surface area (Å²) in [5.74, 6) is -2.61. The summed E-state index contributed by atoms with van der Waals surface area (Å²) < 4.78 is 0. The summed E-state index contributed by atoms with van der Waals surface area (Å²) in [6, 6.07) is 11.2. The molecule has 1 aliphatic carbocycles. The first-order valence-electron chi connectivity index (χ1n) is 10.9. The van der Waals surface area contributed by atoms with Crippen molar-refractivity contribution in [2.24, 2.45) is 17.8 Å². The molecule has 1 heterocycles. The van der Waals surface area contributed by atoms with Crippen LogP contribution in [0.3, 0.4) is 0 Å². The number of imide groups is 1. The van der Waals surface area contributed by atoms with E-state index in [0.29, 0.717) is 29.3 Å². The number of benzene rings is 2. The van der Waals surface area contributed by atoms with Crippen molar-refractivity contribution < 1.29 is 19.2 Å². The van der Waals surface area contributed by atoms with Gasteiger partial charge >= 0.3 is 0 Å². The second-order valence-corrected chi connectivity index (χ2v) is 9.74. The zero-order chi connectivity index (χ0) is 23.9. The van der Waals surface area contributed by atoms with Crippen molar-refractivity contribution in [2.45, 2.75) is 33.1 Å². The van der Waals surface area contributed by atoms with Crippen LogP contribution < -0.4 is 0 Å². The molecule has 33 heavy (non-hydrogen) atoms. The Labute approximate surface area is 202 Å². The van der Waals surface area contributed by atoms with Gasteiger partial charge in [0.15, 0.2) is 5.78 Å². The van der Waals surface area contributed by atoms with Crippen LogP contribution in [0.15, 0.2) is 42.5 Å². The second kappa shape index (κ2) is 9.27. The van der Waals surface area contributed by atoms with Gasteiger partial charge in [-0.2, -0.15) is 5.01 Å². The molecule has 0 radical (unpaired) electrons. The van der Waals surface area contributed by atoms with Gasteiger partial charge in [-0.05, 0) is 50.3 Å². The number of aryl methyl sites for hydroxylation is 1. The Hall–Kier alpha value is -2.70. The van der Waals surface area contributed by atoms with Gasteiger partial charge in [-0.1, -0.05) is 60.0 Å². The Morgan fingerprint density at radius 3 is 2.33 bits per heavy atom. The zero-order valence-corrected chi connectivity index (χ0v) is 19.9. The van der Waals surface area contributed by atoms with Gasteiger partial charge < -0.3 is 0 Å². The van der Waals surface area contributed by atoms with Crippen LogP contribution in [0.1, 0.15) is 52.5 Å². The van der Waals surface area contributed by atoms with Crippen LogP contribution in [-0.4, -0.2) is 40.1 Å². The molecule has 1 saturated carbocycles. The minimum absolute atomic E-state index is 0.0570. The monoisotopic (exact) mass is 486 g/mol. The molecular weight excluding hydrogens is 463 g/mol. The van der Waals surface area contributed by atoms with Crippen molar-refractivity contribution in [3.05, 3.63) is 69.2 Å². The Morgan fingerprint density at radius 1 is 1.00 bits per heavy atom. The third-order valence-corrected chi connectivity index (χ3v) is 7.02. The molecule has 0 aromatic heterocycles. The van der Waals surface area contributed by atoms with Gasteiger partial charge in [0.05, 0.1) is 22.4 Å². The predicted molar refractivity (Wildman–Crippen MR) is 125 cm³/mol. The lowest BCUT2D eigenvalue weighted by molar-refractivity contribution is -0.154. The molecule has 6 nitrogen and oxygen atoms in total. The van der Waals surface area contributed by atoms with Crippen LogP contribution in [0.25, 0.3) is 0 Å². The van der Waals surface area contributed by atoms with Gasteiger partial charge in [0, 0.05) is 10.6 Å². The highest BCUT2D eigenvalue weighted by molar-refractivity contribution is 6.36. The second-order valence-electron chi connectivity index (χ2n) is 8.90. The number of Topliss-reactive ketones (excluding diaryl/α,β-unsaturated/α-hetero) is 1. The summed E-state index contributed by atoms with van der Waals surface area (Å²) in [4.78, 5) is 53.2. The van der Waals surface area contributed by atoms with E-state index in [4.69, 9.17) is 23.2 Å². The average Bonchev–Trinajstić information content (AvgIpc) is 3.01. The fourth-order valence-electron chi connectivity index (χ4n) is 4.61. The van der Waals surface area contributed by atoms with Crippen molar-refractivity contribution in [3.63, 3.8) is 0 Å². The molecule has 3 atom stereocenters. The van der Waals surface area contributed by atoms with Crippen molar-refractivity contribution in [2.75, 3.05) is 6.54 Å². The molecule has 2 aromatic carbocycles. The third kappa shape index (κ3) is 4.55. The van der Waals surface area contributed by atoms with Crippen LogP contribution in [-0.2, 0) is 9.59 Å². The molecule has 8 heteroatoms. The van der Waals surface area contributed by atoms with E-state index < -0.39 is 41.9 Å². The average molecular weight is 487 g/mol. The first-order valence-corrected chi connectivity index (χ1v) is 11.7. The number of rotatable bonds is 5. The lowest BCUT2D eigenvalue weighted by atomic mass is 9.76. The first-order chi connectivity index (χ1) is 15.7. The van der Waals surface area contributed by atoms with Gasteiger partial charge in [-0.15, -0.1) is 0 Å². The maximum Gasteiger partial charge on any atom is 0.274 e. The summed E-state index contributed by atoms with van der Waals surface area (Å²) in [6.45, 7) is 3.48. The molecule has 2 aliphatic rings. The number of hydrogen-bond acceptors (Lipinski definition) is 4. The smallest absolute Gasteiger partial charge is 0.274 e. The van der Waals surface area contributed by atoms with Crippen LogP contribution in [0.4, 0.5) is 0 Å². The summed E-state index contributed by atoms with van der Waals surface area (Å²) in [5.41, 5.74) is 1.42. The summed E-state index contributed by atoms with van der Waals surface area (Å²) in [7, 11) is 0. The van der Waals surface area contributed by atoms with Gasteiger partial charge in [0.25, 0.3) is 17.7 Å². The number of fused-ring (bicyclic) bond motifs is 1. The molecule has 2 aromatic rings. The highest BCUT2D eigenvalue weighted by Crippen LogP contribution is 2.41. The van der Waals surface area contributed by atoms with E-state index >= 15 is 0 Å². The van der Waals surface area contributed by atoms with Crippen molar-refractivity contribution in [1.82, 2.24) is 10.0 Å². The number of ketones is 1. The van der Waals surface area contributed by atoms with Crippen molar-refractivity contribution in [1.29, 1.82) is 0 Å². The van der Waals surface area contributed by atoms with E-state index in [2.05, 4.69) is 0 Å². The van der Waals surface area contributed by atoms with E-state index in [9.17, 15) is 19.2 Å². The van der Waals surface area contributed by atoms with E-state index in [1.54, 1.807) is 24.3 Å². The van der Waals surface area contributed by atoms with Gasteiger partial charge in [-0.3, -0.25) is 19.2 Å². The number of carbonyl (C=O) groups is 4. The van der Waals surface area contributed by atoms with E-state index in [0.717, 1.165) is 22.0 Å². The topological polar surface area (TPSA) is 74.8 Å². The number of amides is 3. The number of hydrazine groups is 1. The van der Waals surface area contributed by atoms with E-state index in [-0.39, 0.29) is 10.6 Å². The Kier molecular flexibility index (Phi) is 6.59. The molecule has 0 N–H and O–H groups in total. The highest BCUT2D eigenvalue weighted by Gasteiger charge is 2.53. The zero-order valence-electron chi connectivity index (χ0n) is 18.4. The molecule has 3 amide bonds. The Balaban J connectivity index is 1.71. The fraction of sp³-hybridized carbons (Fsp3) is 0.360. The Bertz CT molecular complexity index is 1130.